The van der Waals surface area contributed by atoms with E-state index >= 15 is 0 Å². The number of fused-ring (bicyclic) bond motifs is 1. The lowest BCUT2D eigenvalue weighted by Gasteiger charge is -1.98. The van der Waals surface area contributed by atoms with Crippen LogP contribution in [0.5, 0.6) is 11.5 Å². The molecule has 0 spiro atoms. The highest BCUT2D eigenvalue weighted by Gasteiger charge is 2.12. The Morgan fingerprint density at radius 1 is 1.12 bits per heavy atom. The molecule has 0 fully saturated rings. The average Bonchev–Trinajstić information content (AvgIpc) is 3.24. The second kappa shape index (κ2) is 6.62. The first-order valence-corrected chi connectivity index (χ1v) is 8.85. The first kappa shape index (κ1) is 15.2. The van der Waals surface area contributed by atoms with E-state index in [9.17, 15) is 0 Å². The van der Waals surface area contributed by atoms with Gasteiger partial charge in [-0.3, -0.25) is 5.43 Å². The van der Waals surface area contributed by atoms with E-state index in [1.807, 2.05) is 47.8 Å². The van der Waals surface area contributed by atoms with Gasteiger partial charge in [-0.2, -0.15) is 5.10 Å². The molecule has 0 saturated heterocycles. The highest BCUT2D eigenvalue weighted by molar-refractivity contribution is 9.10. The van der Waals surface area contributed by atoms with E-state index in [4.69, 9.17) is 9.47 Å². The van der Waals surface area contributed by atoms with Crippen LogP contribution >= 0.6 is 27.3 Å². The molecule has 0 atom stereocenters. The van der Waals surface area contributed by atoms with Crippen molar-refractivity contribution >= 4 is 38.6 Å². The van der Waals surface area contributed by atoms with Gasteiger partial charge >= 0.3 is 0 Å². The molecular weight excluding hydrogens is 390 g/mol. The summed E-state index contributed by atoms with van der Waals surface area (Å²) in [6.45, 7) is 0.270. The molecular formula is C17H12BrN3O2S. The van der Waals surface area contributed by atoms with E-state index in [1.54, 1.807) is 6.21 Å². The molecule has 0 radical (unpaired) electrons. The number of hydrogen-bond acceptors (Lipinski definition) is 6. The number of benzene rings is 2. The maximum absolute atomic E-state index is 5.35. The summed E-state index contributed by atoms with van der Waals surface area (Å²) in [5.41, 5.74) is 5.88. The Morgan fingerprint density at radius 3 is 2.83 bits per heavy atom. The van der Waals surface area contributed by atoms with Crippen LogP contribution in [-0.4, -0.2) is 18.0 Å². The number of nitrogens with zero attached hydrogens (tertiary/aromatic N) is 2. The summed E-state index contributed by atoms with van der Waals surface area (Å²) in [5, 5.41) is 6.97. The minimum absolute atomic E-state index is 0.270. The van der Waals surface area contributed by atoms with Crippen LogP contribution in [-0.2, 0) is 0 Å². The SMILES string of the molecule is Brc1ccc(-c2csc(N/N=C\c3ccc4c(c3)OCO4)n2)cc1. The zero-order valence-corrected chi connectivity index (χ0v) is 14.8. The minimum Gasteiger partial charge on any atom is -0.454 e. The van der Waals surface area contributed by atoms with Crippen LogP contribution in [0.4, 0.5) is 5.13 Å². The summed E-state index contributed by atoms with van der Waals surface area (Å²) in [6, 6.07) is 13.7. The molecule has 24 heavy (non-hydrogen) atoms. The van der Waals surface area contributed by atoms with Crippen molar-refractivity contribution in [2.24, 2.45) is 5.10 Å². The third-order valence-electron chi connectivity index (χ3n) is 3.41. The van der Waals surface area contributed by atoms with E-state index in [0.717, 1.165) is 37.9 Å². The Balaban J connectivity index is 1.43. The van der Waals surface area contributed by atoms with Gasteiger partial charge in [-0.05, 0) is 35.9 Å². The lowest BCUT2D eigenvalue weighted by molar-refractivity contribution is 0.174. The van der Waals surface area contributed by atoms with Crippen molar-refractivity contribution in [2.45, 2.75) is 0 Å². The van der Waals surface area contributed by atoms with Crippen LogP contribution in [0.3, 0.4) is 0 Å². The smallest absolute Gasteiger partial charge is 0.231 e. The third kappa shape index (κ3) is 3.27. The Labute approximate surface area is 151 Å². The number of hydrogen-bond donors (Lipinski definition) is 1. The fourth-order valence-corrected chi connectivity index (χ4v) is 3.17. The van der Waals surface area contributed by atoms with Crippen molar-refractivity contribution in [3.63, 3.8) is 0 Å². The molecule has 2 heterocycles. The van der Waals surface area contributed by atoms with E-state index in [2.05, 4.69) is 31.4 Å². The molecule has 0 bridgehead atoms. The van der Waals surface area contributed by atoms with E-state index in [0.29, 0.717) is 0 Å². The number of rotatable bonds is 4. The second-order valence-corrected chi connectivity index (χ2v) is 6.80. The molecule has 7 heteroatoms. The molecule has 0 aliphatic carbocycles. The standard InChI is InChI=1S/C17H12BrN3O2S/c18-13-4-2-12(3-5-13)14-9-24-17(20-14)21-19-8-11-1-6-15-16(7-11)23-10-22-15/h1-9H,10H2,(H,20,21)/b19-8-. The van der Waals surface area contributed by atoms with Gasteiger partial charge in [0, 0.05) is 15.4 Å². The first-order chi connectivity index (χ1) is 11.8. The quantitative estimate of drug-likeness (QED) is 0.506. The van der Waals surface area contributed by atoms with E-state index in [-0.39, 0.29) is 6.79 Å². The first-order valence-electron chi connectivity index (χ1n) is 7.18. The van der Waals surface area contributed by atoms with Gasteiger partial charge in [0.25, 0.3) is 0 Å². The van der Waals surface area contributed by atoms with E-state index in [1.165, 1.54) is 11.3 Å². The van der Waals surface area contributed by atoms with Crippen LogP contribution in [0.1, 0.15) is 5.56 Å². The number of halogens is 1. The molecule has 4 rings (SSSR count). The van der Waals surface area contributed by atoms with Crippen molar-refractivity contribution < 1.29 is 9.47 Å². The number of nitrogens with one attached hydrogen (secondary N) is 1. The zero-order valence-electron chi connectivity index (χ0n) is 12.4. The van der Waals surface area contributed by atoms with Gasteiger partial charge in [0.1, 0.15) is 0 Å². The van der Waals surface area contributed by atoms with Crippen molar-refractivity contribution in [3.8, 4) is 22.8 Å². The van der Waals surface area contributed by atoms with Crippen LogP contribution in [0, 0.1) is 0 Å². The monoisotopic (exact) mass is 401 g/mol. The van der Waals surface area contributed by atoms with Crippen molar-refractivity contribution in [3.05, 3.63) is 57.9 Å². The maximum atomic E-state index is 5.35. The van der Waals surface area contributed by atoms with Crippen LogP contribution in [0.2, 0.25) is 0 Å². The lowest BCUT2D eigenvalue weighted by Crippen LogP contribution is -1.93. The lowest BCUT2D eigenvalue weighted by atomic mass is 10.2. The van der Waals surface area contributed by atoms with Crippen LogP contribution in [0.25, 0.3) is 11.3 Å². The summed E-state index contributed by atoms with van der Waals surface area (Å²) in [4.78, 5) is 4.53. The number of aromatic nitrogens is 1. The van der Waals surface area contributed by atoms with Gasteiger partial charge in [0.2, 0.25) is 11.9 Å². The molecule has 0 amide bonds. The van der Waals surface area contributed by atoms with Gasteiger partial charge in [0.15, 0.2) is 11.5 Å². The number of thiazole rings is 1. The Morgan fingerprint density at radius 2 is 1.96 bits per heavy atom. The molecule has 1 aliphatic rings. The molecule has 1 aromatic heterocycles. The molecule has 1 aliphatic heterocycles. The molecule has 0 saturated carbocycles. The normalized spacial score (nSPS) is 12.7. The number of ether oxygens (including phenoxy) is 2. The molecule has 1 N–H and O–H groups in total. The van der Waals surface area contributed by atoms with E-state index < -0.39 is 0 Å². The molecule has 2 aromatic carbocycles. The van der Waals surface area contributed by atoms with Gasteiger partial charge < -0.3 is 9.47 Å². The molecule has 5 nitrogen and oxygen atoms in total. The topological polar surface area (TPSA) is 55.7 Å². The molecule has 0 unspecified atom stereocenters. The van der Waals surface area contributed by atoms with Gasteiger partial charge in [-0.15, -0.1) is 11.3 Å². The summed E-state index contributed by atoms with van der Waals surface area (Å²) >= 11 is 4.94. The second-order valence-electron chi connectivity index (χ2n) is 5.03. The zero-order chi connectivity index (χ0) is 16.4. The maximum Gasteiger partial charge on any atom is 0.231 e. The fraction of sp³-hybridized carbons (Fsp3) is 0.0588. The third-order valence-corrected chi connectivity index (χ3v) is 4.69. The largest absolute Gasteiger partial charge is 0.454 e. The Hall–Kier alpha value is -2.38. The summed E-state index contributed by atoms with van der Waals surface area (Å²) in [6.07, 6.45) is 1.72. The molecule has 3 aromatic rings. The summed E-state index contributed by atoms with van der Waals surface area (Å²) in [5.74, 6) is 1.50. The predicted molar refractivity (Wildman–Crippen MR) is 99.0 cm³/mol. The van der Waals surface area contributed by atoms with Crippen LogP contribution in [0.15, 0.2) is 57.4 Å². The minimum atomic E-state index is 0.270. The van der Waals surface area contributed by atoms with Crippen molar-refractivity contribution in [2.75, 3.05) is 12.2 Å². The number of anilines is 1. The van der Waals surface area contributed by atoms with Crippen molar-refractivity contribution in [1.82, 2.24) is 4.98 Å². The Kier molecular flexibility index (Phi) is 4.18. The Bertz CT molecular complexity index is 893. The fourth-order valence-electron chi connectivity index (χ4n) is 2.23. The number of hydrazone groups is 1. The highest BCUT2D eigenvalue weighted by Crippen LogP contribution is 2.32. The van der Waals surface area contributed by atoms with Gasteiger partial charge in [-0.1, -0.05) is 28.1 Å². The molecule has 120 valence electrons. The average molecular weight is 402 g/mol. The summed E-state index contributed by atoms with van der Waals surface area (Å²) in [7, 11) is 0. The van der Waals surface area contributed by atoms with Crippen LogP contribution < -0.4 is 14.9 Å². The van der Waals surface area contributed by atoms with Gasteiger partial charge in [-0.25, -0.2) is 4.98 Å². The predicted octanol–water partition coefficient (Wildman–Crippen LogP) is 4.75. The van der Waals surface area contributed by atoms with Crippen molar-refractivity contribution in [1.29, 1.82) is 0 Å². The van der Waals surface area contributed by atoms with Gasteiger partial charge in [0.05, 0.1) is 11.9 Å². The highest BCUT2D eigenvalue weighted by atomic mass is 79.9. The summed E-state index contributed by atoms with van der Waals surface area (Å²) < 4.78 is 11.7.